The molecule has 0 atom stereocenters. The minimum absolute atomic E-state index is 0.372. The van der Waals surface area contributed by atoms with Gasteiger partial charge in [0.25, 0.3) is 0 Å². The first-order valence-corrected chi connectivity index (χ1v) is 12.2. The molecule has 1 aromatic heterocycles. The van der Waals surface area contributed by atoms with Crippen molar-refractivity contribution in [3.05, 3.63) is 46.4 Å². The van der Waals surface area contributed by atoms with E-state index in [-0.39, 0.29) is 0 Å². The quantitative estimate of drug-likeness (QED) is 0.515. The highest BCUT2D eigenvalue weighted by Gasteiger charge is 2.29. The molecule has 1 saturated heterocycles. The van der Waals surface area contributed by atoms with Crippen molar-refractivity contribution >= 4 is 27.3 Å². The van der Waals surface area contributed by atoms with Crippen LogP contribution in [0.3, 0.4) is 0 Å². The molecule has 0 bridgehead atoms. The minimum atomic E-state index is -3.39. The Bertz CT molecular complexity index is 904. The predicted octanol–water partition coefficient (Wildman–Crippen LogP) is 2.26. The summed E-state index contributed by atoms with van der Waals surface area (Å²) < 4.78 is 27.0. The number of hydrogen-bond donors (Lipinski definition) is 2. The Labute approximate surface area is 177 Å². The zero-order chi connectivity index (χ0) is 20.7. The summed E-state index contributed by atoms with van der Waals surface area (Å²) in [5.74, 6) is 1.20. The molecule has 158 valence electrons. The number of sulfonamides is 1. The molecule has 0 unspecified atom stereocenters. The Hall–Kier alpha value is -1.97. The van der Waals surface area contributed by atoms with E-state index in [4.69, 9.17) is 0 Å². The number of benzene rings is 1. The van der Waals surface area contributed by atoms with E-state index in [1.165, 1.54) is 0 Å². The van der Waals surface area contributed by atoms with Crippen LogP contribution in [0.25, 0.3) is 0 Å². The zero-order valence-electron chi connectivity index (χ0n) is 17.0. The van der Waals surface area contributed by atoms with E-state index in [1.54, 1.807) is 47.0 Å². The van der Waals surface area contributed by atoms with Crippen molar-refractivity contribution in [1.29, 1.82) is 0 Å². The molecule has 2 aromatic rings. The van der Waals surface area contributed by atoms with Crippen molar-refractivity contribution in [2.24, 2.45) is 10.9 Å². The third-order valence-corrected chi connectivity index (χ3v) is 7.81. The van der Waals surface area contributed by atoms with Crippen molar-refractivity contribution < 1.29 is 8.42 Å². The largest absolute Gasteiger partial charge is 0.356 e. The third-order valence-electron chi connectivity index (χ3n) is 5.08. The molecule has 0 radical (unpaired) electrons. The Balaban J connectivity index is 1.40. The van der Waals surface area contributed by atoms with Crippen LogP contribution in [-0.4, -0.2) is 56.9 Å². The Kier molecular flexibility index (Phi) is 7.63. The van der Waals surface area contributed by atoms with Gasteiger partial charge in [-0.1, -0.05) is 18.2 Å². The number of aliphatic imine (C=N–C) groups is 1. The fourth-order valence-corrected chi connectivity index (χ4v) is 5.53. The molecule has 29 heavy (non-hydrogen) atoms. The van der Waals surface area contributed by atoms with Crippen LogP contribution in [0.1, 0.15) is 23.5 Å². The molecule has 1 aliphatic heterocycles. The van der Waals surface area contributed by atoms with Gasteiger partial charge in [-0.15, -0.1) is 11.3 Å². The van der Waals surface area contributed by atoms with E-state index in [2.05, 4.69) is 26.0 Å². The van der Waals surface area contributed by atoms with Gasteiger partial charge < -0.3 is 10.6 Å². The number of aromatic nitrogens is 1. The molecule has 1 aromatic carbocycles. The van der Waals surface area contributed by atoms with Crippen molar-refractivity contribution in [3.63, 3.8) is 0 Å². The standard InChI is InChI=1S/C20H29N5O2S2/c1-16-24-18(15-28-16)8-11-22-20(21-2)23-14-17-9-12-25(13-10-17)29(26,27)19-6-4-3-5-7-19/h3-7,15,17H,8-14H2,1-2H3,(H2,21,22,23). The lowest BCUT2D eigenvalue weighted by molar-refractivity contribution is 0.273. The van der Waals surface area contributed by atoms with Gasteiger partial charge in [0, 0.05) is 45.0 Å². The van der Waals surface area contributed by atoms with Gasteiger partial charge in [0.15, 0.2) is 5.96 Å². The molecule has 1 fully saturated rings. The van der Waals surface area contributed by atoms with Gasteiger partial charge in [0.05, 0.1) is 15.6 Å². The topological polar surface area (TPSA) is 86.7 Å². The monoisotopic (exact) mass is 435 g/mol. The number of nitrogens with zero attached hydrogens (tertiary/aromatic N) is 3. The smallest absolute Gasteiger partial charge is 0.243 e. The Morgan fingerprint density at radius 3 is 2.59 bits per heavy atom. The molecule has 0 amide bonds. The van der Waals surface area contributed by atoms with Gasteiger partial charge in [-0.2, -0.15) is 4.31 Å². The van der Waals surface area contributed by atoms with Crippen LogP contribution < -0.4 is 10.6 Å². The van der Waals surface area contributed by atoms with Crippen LogP contribution >= 0.6 is 11.3 Å². The van der Waals surface area contributed by atoms with Crippen LogP contribution in [-0.2, 0) is 16.4 Å². The average molecular weight is 436 g/mol. The van der Waals surface area contributed by atoms with Crippen LogP contribution in [0, 0.1) is 12.8 Å². The summed E-state index contributed by atoms with van der Waals surface area (Å²) >= 11 is 1.67. The molecule has 3 rings (SSSR count). The summed E-state index contributed by atoms with van der Waals surface area (Å²) in [5.41, 5.74) is 1.10. The third kappa shape index (κ3) is 6.01. The molecule has 9 heteroatoms. The SMILES string of the molecule is CN=C(NCCc1csc(C)n1)NCC1CCN(S(=O)(=O)c2ccccc2)CC1. The molecule has 0 saturated carbocycles. The predicted molar refractivity (Wildman–Crippen MR) is 118 cm³/mol. The molecule has 2 heterocycles. The molecule has 2 N–H and O–H groups in total. The molecule has 7 nitrogen and oxygen atoms in total. The highest BCUT2D eigenvalue weighted by molar-refractivity contribution is 7.89. The zero-order valence-corrected chi connectivity index (χ0v) is 18.6. The lowest BCUT2D eigenvalue weighted by Gasteiger charge is -2.31. The van der Waals surface area contributed by atoms with Crippen LogP contribution in [0.4, 0.5) is 0 Å². The lowest BCUT2D eigenvalue weighted by Crippen LogP contribution is -2.44. The number of guanidine groups is 1. The molecular weight excluding hydrogens is 406 g/mol. The van der Waals surface area contributed by atoms with Crippen molar-refractivity contribution in [1.82, 2.24) is 19.9 Å². The maximum atomic E-state index is 12.7. The van der Waals surface area contributed by atoms with Crippen molar-refractivity contribution in [3.8, 4) is 0 Å². The van der Waals surface area contributed by atoms with Gasteiger partial charge in [-0.05, 0) is 37.8 Å². The second-order valence-corrected chi connectivity index (χ2v) is 10.1. The van der Waals surface area contributed by atoms with E-state index in [0.717, 1.165) is 49.0 Å². The van der Waals surface area contributed by atoms with Crippen LogP contribution in [0.5, 0.6) is 0 Å². The number of nitrogens with one attached hydrogen (secondary N) is 2. The van der Waals surface area contributed by atoms with Crippen LogP contribution in [0.15, 0.2) is 45.6 Å². The number of thiazole rings is 1. The highest BCUT2D eigenvalue weighted by atomic mass is 32.2. The summed E-state index contributed by atoms with van der Waals surface area (Å²) in [7, 11) is -1.63. The molecule has 1 aliphatic rings. The maximum Gasteiger partial charge on any atom is 0.243 e. The highest BCUT2D eigenvalue weighted by Crippen LogP contribution is 2.23. The number of rotatable bonds is 7. The molecule has 0 aliphatic carbocycles. The first kappa shape index (κ1) is 21.7. The van der Waals surface area contributed by atoms with E-state index < -0.39 is 10.0 Å². The number of hydrogen-bond acceptors (Lipinski definition) is 5. The first-order valence-electron chi connectivity index (χ1n) is 9.90. The summed E-state index contributed by atoms with van der Waals surface area (Å²) in [5, 5.41) is 9.86. The number of aryl methyl sites for hydroxylation is 1. The van der Waals surface area contributed by atoms with Gasteiger partial charge in [0.2, 0.25) is 10.0 Å². The summed E-state index contributed by atoms with van der Waals surface area (Å²) in [6, 6.07) is 8.67. The number of piperidine rings is 1. The normalized spacial score (nSPS) is 16.7. The Morgan fingerprint density at radius 2 is 1.97 bits per heavy atom. The van der Waals surface area contributed by atoms with Crippen molar-refractivity contribution in [2.45, 2.75) is 31.1 Å². The second-order valence-electron chi connectivity index (χ2n) is 7.15. The minimum Gasteiger partial charge on any atom is -0.356 e. The van der Waals surface area contributed by atoms with E-state index in [1.807, 2.05) is 13.0 Å². The van der Waals surface area contributed by atoms with E-state index >= 15 is 0 Å². The first-order chi connectivity index (χ1) is 14.0. The summed E-state index contributed by atoms with van der Waals surface area (Å²) in [6.07, 6.45) is 2.54. The van der Waals surface area contributed by atoms with Gasteiger partial charge in [0.1, 0.15) is 0 Å². The van der Waals surface area contributed by atoms with Crippen molar-refractivity contribution in [2.75, 3.05) is 33.2 Å². The van der Waals surface area contributed by atoms with Gasteiger partial charge in [-0.25, -0.2) is 13.4 Å². The molecule has 0 spiro atoms. The summed E-state index contributed by atoms with van der Waals surface area (Å²) in [6.45, 7) is 4.68. The Morgan fingerprint density at radius 1 is 1.24 bits per heavy atom. The van der Waals surface area contributed by atoms with Gasteiger partial charge in [-0.3, -0.25) is 4.99 Å². The maximum absolute atomic E-state index is 12.7. The second kappa shape index (κ2) is 10.2. The fraction of sp³-hybridized carbons (Fsp3) is 0.500. The lowest BCUT2D eigenvalue weighted by atomic mass is 9.98. The van der Waals surface area contributed by atoms with Gasteiger partial charge >= 0.3 is 0 Å². The average Bonchev–Trinajstić information content (AvgIpc) is 3.16. The van der Waals surface area contributed by atoms with Crippen LogP contribution in [0.2, 0.25) is 0 Å². The van der Waals surface area contributed by atoms with E-state index in [9.17, 15) is 8.42 Å². The van der Waals surface area contributed by atoms with E-state index in [0.29, 0.717) is 23.9 Å². The summed E-state index contributed by atoms with van der Waals surface area (Å²) in [4.78, 5) is 9.11. The molecular formula is C20H29N5O2S2. The fourth-order valence-electron chi connectivity index (χ4n) is 3.39.